The summed E-state index contributed by atoms with van der Waals surface area (Å²) in [6.07, 6.45) is 1.81. The Bertz CT molecular complexity index is 302. The van der Waals surface area contributed by atoms with Crippen LogP contribution in [-0.4, -0.2) is 11.1 Å². The first-order valence-electron chi connectivity index (χ1n) is 5.48. The van der Waals surface area contributed by atoms with E-state index >= 15 is 0 Å². The quantitative estimate of drug-likeness (QED) is 0.802. The Kier molecular flexibility index (Phi) is 4.35. The minimum Gasteiger partial charge on any atom is -0.481 e. The molecule has 1 aromatic carbocycles. The highest BCUT2D eigenvalue weighted by Gasteiger charge is 2.26. The van der Waals surface area contributed by atoms with Gasteiger partial charge in [0, 0.05) is 0 Å². The van der Waals surface area contributed by atoms with Crippen LogP contribution >= 0.6 is 0 Å². The van der Waals surface area contributed by atoms with Crippen molar-refractivity contribution in [3.63, 3.8) is 0 Å². The Balaban J connectivity index is 2.97. The van der Waals surface area contributed by atoms with E-state index in [2.05, 4.69) is 0 Å². The molecule has 2 nitrogen and oxygen atoms in total. The second-order valence-corrected chi connectivity index (χ2v) is 3.80. The van der Waals surface area contributed by atoms with Crippen LogP contribution in [0.25, 0.3) is 0 Å². The highest BCUT2D eigenvalue weighted by Crippen LogP contribution is 2.29. The lowest BCUT2D eigenvalue weighted by molar-refractivity contribution is -0.140. The summed E-state index contributed by atoms with van der Waals surface area (Å²) >= 11 is 0. The molecule has 0 amide bonds. The molecule has 15 heavy (non-hydrogen) atoms. The van der Waals surface area contributed by atoms with Crippen molar-refractivity contribution in [3.05, 3.63) is 35.9 Å². The van der Waals surface area contributed by atoms with Crippen LogP contribution in [0.3, 0.4) is 0 Å². The topological polar surface area (TPSA) is 37.3 Å². The lowest BCUT2D eigenvalue weighted by Gasteiger charge is -2.21. The molecule has 0 radical (unpaired) electrons. The molecule has 1 N–H and O–H groups in total. The van der Waals surface area contributed by atoms with Gasteiger partial charge in [-0.1, -0.05) is 57.0 Å². The maximum absolute atomic E-state index is 11.3. The van der Waals surface area contributed by atoms with E-state index in [0.717, 1.165) is 18.4 Å². The molecule has 0 aliphatic rings. The van der Waals surface area contributed by atoms with E-state index in [1.165, 1.54) is 0 Å². The first kappa shape index (κ1) is 11.8. The fraction of sp³-hybridized carbons (Fsp3) is 0.462. The molecule has 0 saturated carbocycles. The second kappa shape index (κ2) is 5.54. The molecular formula is C13H18O2. The number of carboxylic acid groups (broad SMARTS) is 1. The smallest absolute Gasteiger partial charge is 0.311 e. The van der Waals surface area contributed by atoms with E-state index in [9.17, 15) is 9.90 Å². The lowest BCUT2D eigenvalue weighted by Crippen LogP contribution is -2.20. The molecule has 0 heterocycles. The minimum absolute atomic E-state index is 0.227. The number of carboxylic acids is 1. The zero-order chi connectivity index (χ0) is 11.3. The van der Waals surface area contributed by atoms with Gasteiger partial charge in [-0.3, -0.25) is 4.79 Å². The fourth-order valence-corrected chi connectivity index (χ4v) is 2.04. The number of aliphatic carboxylic acids is 1. The van der Waals surface area contributed by atoms with Crippen LogP contribution in [0.2, 0.25) is 0 Å². The normalized spacial score (nSPS) is 12.7. The van der Waals surface area contributed by atoms with Crippen LogP contribution in [0.4, 0.5) is 0 Å². The number of benzene rings is 1. The summed E-state index contributed by atoms with van der Waals surface area (Å²) < 4.78 is 0. The molecule has 0 unspecified atom stereocenters. The van der Waals surface area contributed by atoms with Crippen molar-refractivity contribution in [2.45, 2.75) is 32.6 Å². The van der Waals surface area contributed by atoms with Crippen LogP contribution in [0, 0.1) is 5.92 Å². The van der Waals surface area contributed by atoms with E-state index in [1.54, 1.807) is 0 Å². The molecule has 0 bridgehead atoms. The third-order valence-corrected chi connectivity index (χ3v) is 2.94. The summed E-state index contributed by atoms with van der Waals surface area (Å²) in [7, 11) is 0. The van der Waals surface area contributed by atoms with Gasteiger partial charge in [0.15, 0.2) is 0 Å². The van der Waals surface area contributed by atoms with Crippen LogP contribution in [0.1, 0.15) is 38.2 Å². The third kappa shape index (κ3) is 2.82. The standard InChI is InChI=1S/C13H18O2/c1-3-10(4-2)12(13(14)15)11-8-6-5-7-9-11/h5-10,12H,3-4H2,1-2H3,(H,14,15)/t12-/m1/s1. The van der Waals surface area contributed by atoms with Crippen molar-refractivity contribution in [1.29, 1.82) is 0 Å². The van der Waals surface area contributed by atoms with E-state index in [0.29, 0.717) is 0 Å². The van der Waals surface area contributed by atoms with Gasteiger partial charge in [0.05, 0.1) is 5.92 Å². The molecule has 82 valence electrons. The van der Waals surface area contributed by atoms with E-state index in [-0.39, 0.29) is 11.8 Å². The van der Waals surface area contributed by atoms with Crippen LogP contribution < -0.4 is 0 Å². The lowest BCUT2D eigenvalue weighted by atomic mass is 9.83. The van der Waals surface area contributed by atoms with Gasteiger partial charge in [-0.25, -0.2) is 0 Å². The van der Waals surface area contributed by atoms with Crippen molar-refractivity contribution in [1.82, 2.24) is 0 Å². The largest absolute Gasteiger partial charge is 0.481 e. The molecule has 2 heteroatoms. The van der Waals surface area contributed by atoms with Crippen LogP contribution in [0.5, 0.6) is 0 Å². The summed E-state index contributed by atoms with van der Waals surface area (Å²) in [6, 6.07) is 9.50. The van der Waals surface area contributed by atoms with Crippen molar-refractivity contribution in [2.75, 3.05) is 0 Å². The summed E-state index contributed by atoms with van der Waals surface area (Å²) in [6.45, 7) is 4.10. The SMILES string of the molecule is CCC(CC)[C@@H](C(=O)O)c1ccccc1. The zero-order valence-corrected chi connectivity index (χ0v) is 9.31. The Hall–Kier alpha value is -1.31. The molecular weight excluding hydrogens is 188 g/mol. The first-order valence-corrected chi connectivity index (χ1v) is 5.48. The highest BCUT2D eigenvalue weighted by atomic mass is 16.4. The van der Waals surface area contributed by atoms with Gasteiger partial charge in [0.1, 0.15) is 0 Å². The molecule has 1 rings (SSSR count). The van der Waals surface area contributed by atoms with E-state index < -0.39 is 5.97 Å². The van der Waals surface area contributed by atoms with Crippen molar-refractivity contribution < 1.29 is 9.90 Å². The molecule has 1 atom stereocenters. The summed E-state index contributed by atoms with van der Waals surface area (Å²) in [5.41, 5.74) is 0.915. The first-order chi connectivity index (χ1) is 7.20. The molecule has 0 spiro atoms. The summed E-state index contributed by atoms with van der Waals surface area (Å²) in [5.74, 6) is -0.846. The second-order valence-electron chi connectivity index (χ2n) is 3.80. The van der Waals surface area contributed by atoms with Gasteiger partial charge in [-0.05, 0) is 11.5 Å². The summed E-state index contributed by atoms with van der Waals surface area (Å²) in [4.78, 5) is 11.3. The average molecular weight is 206 g/mol. The van der Waals surface area contributed by atoms with Gasteiger partial charge in [0.2, 0.25) is 0 Å². The maximum Gasteiger partial charge on any atom is 0.311 e. The zero-order valence-electron chi connectivity index (χ0n) is 9.31. The Morgan fingerprint density at radius 2 is 1.73 bits per heavy atom. The molecule has 0 fully saturated rings. The predicted molar refractivity (Wildman–Crippen MR) is 60.9 cm³/mol. The van der Waals surface area contributed by atoms with Gasteiger partial charge >= 0.3 is 5.97 Å². The molecule has 0 aromatic heterocycles. The number of carbonyl (C=O) groups is 1. The predicted octanol–water partition coefficient (Wildman–Crippen LogP) is 3.29. The number of hydrogen-bond donors (Lipinski definition) is 1. The van der Waals surface area contributed by atoms with Crippen LogP contribution in [0.15, 0.2) is 30.3 Å². The van der Waals surface area contributed by atoms with Gasteiger partial charge in [0.25, 0.3) is 0 Å². The Labute approximate surface area is 90.9 Å². The average Bonchev–Trinajstić information content (AvgIpc) is 2.26. The molecule has 0 aliphatic carbocycles. The Morgan fingerprint density at radius 1 is 1.20 bits per heavy atom. The third-order valence-electron chi connectivity index (χ3n) is 2.94. The minimum atomic E-state index is -0.713. The molecule has 0 aliphatic heterocycles. The number of hydrogen-bond acceptors (Lipinski definition) is 1. The fourth-order valence-electron chi connectivity index (χ4n) is 2.04. The van der Waals surface area contributed by atoms with Gasteiger partial charge in [-0.2, -0.15) is 0 Å². The van der Waals surface area contributed by atoms with Gasteiger partial charge in [-0.15, -0.1) is 0 Å². The number of rotatable bonds is 5. The Morgan fingerprint density at radius 3 is 2.13 bits per heavy atom. The molecule has 1 aromatic rings. The van der Waals surface area contributed by atoms with E-state index in [4.69, 9.17) is 0 Å². The summed E-state index contributed by atoms with van der Waals surface area (Å²) in [5, 5.41) is 9.26. The van der Waals surface area contributed by atoms with Crippen LogP contribution in [-0.2, 0) is 4.79 Å². The highest BCUT2D eigenvalue weighted by molar-refractivity contribution is 5.76. The molecule has 0 saturated heterocycles. The van der Waals surface area contributed by atoms with Crippen molar-refractivity contribution >= 4 is 5.97 Å². The monoisotopic (exact) mass is 206 g/mol. The van der Waals surface area contributed by atoms with Crippen molar-refractivity contribution in [2.24, 2.45) is 5.92 Å². The van der Waals surface area contributed by atoms with Gasteiger partial charge < -0.3 is 5.11 Å². The maximum atomic E-state index is 11.3. The van der Waals surface area contributed by atoms with Crippen molar-refractivity contribution in [3.8, 4) is 0 Å². The van der Waals surface area contributed by atoms with E-state index in [1.807, 2.05) is 44.2 Å².